The second-order valence-electron chi connectivity index (χ2n) is 3.00. The van der Waals surface area contributed by atoms with Crippen molar-refractivity contribution < 1.29 is 4.74 Å². The Balaban J connectivity index is 2.30. The molecule has 1 aromatic carbocycles. The number of methoxy groups -OCH3 is 1. The van der Waals surface area contributed by atoms with E-state index >= 15 is 0 Å². The highest BCUT2D eigenvalue weighted by atomic mass is 32.2. The molecule has 1 aliphatic rings. The lowest BCUT2D eigenvalue weighted by molar-refractivity contribution is 0.414. The van der Waals surface area contributed by atoms with Gasteiger partial charge in [-0.15, -0.1) is 11.8 Å². The molecule has 0 radical (unpaired) electrons. The minimum Gasteiger partial charge on any atom is -0.497 e. The molecule has 3 nitrogen and oxygen atoms in total. The molecule has 1 unspecified atom stereocenters. The van der Waals surface area contributed by atoms with Gasteiger partial charge in [0.2, 0.25) is 0 Å². The molecule has 0 aliphatic carbocycles. The molecule has 1 heterocycles. The molecular formula is C10H10N2OS. The summed E-state index contributed by atoms with van der Waals surface area (Å²) in [5.41, 5.74) is 0.993. The zero-order valence-electron chi connectivity index (χ0n) is 7.78. The second kappa shape index (κ2) is 3.81. The van der Waals surface area contributed by atoms with Gasteiger partial charge in [0.15, 0.2) is 0 Å². The van der Waals surface area contributed by atoms with Gasteiger partial charge in [-0.05, 0) is 12.1 Å². The zero-order valence-corrected chi connectivity index (χ0v) is 8.60. The maximum atomic E-state index is 8.79. The minimum absolute atomic E-state index is 0.0976. The van der Waals surface area contributed by atoms with E-state index in [1.807, 2.05) is 18.2 Å². The fourth-order valence-electron chi connectivity index (χ4n) is 1.35. The summed E-state index contributed by atoms with van der Waals surface area (Å²) < 4.78 is 5.12. The average Bonchev–Trinajstić information content (AvgIpc) is 2.27. The van der Waals surface area contributed by atoms with Gasteiger partial charge in [0.05, 0.1) is 18.9 Å². The summed E-state index contributed by atoms with van der Waals surface area (Å²) in [6.45, 7) is 0. The van der Waals surface area contributed by atoms with E-state index in [2.05, 4.69) is 11.4 Å². The number of nitrogens with one attached hydrogen (secondary N) is 1. The summed E-state index contributed by atoms with van der Waals surface area (Å²) in [4.78, 5) is 1.18. The zero-order chi connectivity index (χ0) is 9.97. The number of hydrogen-bond acceptors (Lipinski definition) is 4. The van der Waals surface area contributed by atoms with Crippen molar-refractivity contribution in [2.45, 2.75) is 10.9 Å². The highest BCUT2D eigenvalue weighted by molar-refractivity contribution is 7.99. The number of thioether (sulfide) groups is 1. The highest BCUT2D eigenvalue weighted by Crippen LogP contribution is 2.35. The van der Waals surface area contributed by atoms with Gasteiger partial charge >= 0.3 is 0 Å². The SMILES string of the molecule is COc1ccc2c(c1)NC(C#N)CS2. The van der Waals surface area contributed by atoms with E-state index < -0.39 is 0 Å². The number of ether oxygens (including phenoxy) is 1. The largest absolute Gasteiger partial charge is 0.497 e. The van der Waals surface area contributed by atoms with Gasteiger partial charge in [0.25, 0.3) is 0 Å². The van der Waals surface area contributed by atoms with Crippen LogP contribution in [0.25, 0.3) is 0 Å². The minimum atomic E-state index is -0.0976. The summed E-state index contributed by atoms with van der Waals surface area (Å²) in [7, 11) is 1.64. The van der Waals surface area contributed by atoms with Crippen LogP contribution < -0.4 is 10.1 Å². The predicted octanol–water partition coefficient (Wildman–Crippen LogP) is 2.10. The third-order valence-corrected chi connectivity index (χ3v) is 3.24. The Kier molecular flexibility index (Phi) is 2.51. The second-order valence-corrected chi connectivity index (χ2v) is 4.06. The van der Waals surface area contributed by atoms with Crippen molar-refractivity contribution in [3.63, 3.8) is 0 Å². The fourth-order valence-corrected chi connectivity index (χ4v) is 2.29. The van der Waals surface area contributed by atoms with Crippen LogP contribution in [0.4, 0.5) is 5.69 Å². The first-order valence-corrected chi connectivity index (χ1v) is 5.29. The molecule has 0 bridgehead atoms. The van der Waals surface area contributed by atoms with Crippen LogP contribution in [0.5, 0.6) is 5.75 Å². The summed E-state index contributed by atoms with van der Waals surface area (Å²) >= 11 is 1.70. The predicted molar refractivity (Wildman–Crippen MR) is 56.7 cm³/mol. The van der Waals surface area contributed by atoms with Gasteiger partial charge in [-0.1, -0.05) is 0 Å². The lowest BCUT2D eigenvalue weighted by Gasteiger charge is -2.21. The Labute approximate surface area is 87.1 Å². The smallest absolute Gasteiger partial charge is 0.124 e. The molecular weight excluding hydrogens is 196 g/mol. The molecule has 1 aliphatic heterocycles. The number of nitriles is 1. The van der Waals surface area contributed by atoms with E-state index in [1.165, 1.54) is 4.90 Å². The van der Waals surface area contributed by atoms with Crippen molar-refractivity contribution in [2.24, 2.45) is 0 Å². The Morgan fingerprint density at radius 1 is 1.64 bits per heavy atom. The molecule has 0 spiro atoms. The molecule has 1 N–H and O–H groups in total. The maximum Gasteiger partial charge on any atom is 0.124 e. The van der Waals surface area contributed by atoms with E-state index in [0.29, 0.717) is 0 Å². The van der Waals surface area contributed by atoms with Crippen molar-refractivity contribution in [1.29, 1.82) is 5.26 Å². The number of fused-ring (bicyclic) bond motifs is 1. The van der Waals surface area contributed by atoms with Crippen LogP contribution in [0.1, 0.15) is 0 Å². The van der Waals surface area contributed by atoms with Crippen LogP contribution in [0, 0.1) is 11.3 Å². The van der Waals surface area contributed by atoms with E-state index in [1.54, 1.807) is 18.9 Å². The van der Waals surface area contributed by atoms with Crippen LogP contribution in [0.2, 0.25) is 0 Å². The van der Waals surface area contributed by atoms with Gasteiger partial charge in [0.1, 0.15) is 11.8 Å². The first-order valence-electron chi connectivity index (χ1n) is 4.30. The Hall–Kier alpha value is -1.34. The van der Waals surface area contributed by atoms with Crippen LogP contribution in [0.3, 0.4) is 0 Å². The number of rotatable bonds is 1. The maximum absolute atomic E-state index is 8.79. The number of hydrogen-bond donors (Lipinski definition) is 1. The standard InChI is InChI=1S/C10H10N2OS/c1-13-8-2-3-10-9(4-8)12-7(5-11)6-14-10/h2-4,7,12H,6H2,1H3. The Morgan fingerprint density at radius 2 is 2.50 bits per heavy atom. The molecule has 0 amide bonds. The molecule has 14 heavy (non-hydrogen) atoms. The van der Waals surface area contributed by atoms with Crippen molar-refractivity contribution in [2.75, 3.05) is 18.2 Å². The summed E-state index contributed by atoms with van der Waals surface area (Å²) in [6.07, 6.45) is 0. The van der Waals surface area contributed by atoms with Gasteiger partial charge in [-0.25, -0.2) is 0 Å². The Morgan fingerprint density at radius 3 is 3.21 bits per heavy atom. The van der Waals surface area contributed by atoms with E-state index in [4.69, 9.17) is 10.00 Å². The molecule has 1 atom stereocenters. The van der Waals surface area contributed by atoms with Crippen LogP contribution in [0.15, 0.2) is 23.1 Å². The van der Waals surface area contributed by atoms with Crippen molar-refractivity contribution in [1.82, 2.24) is 0 Å². The van der Waals surface area contributed by atoms with Crippen LogP contribution >= 0.6 is 11.8 Å². The topological polar surface area (TPSA) is 45.0 Å². The summed E-state index contributed by atoms with van der Waals surface area (Å²) in [5, 5.41) is 11.9. The highest BCUT2D eigenvalue weighted by Gasteiger charge is 2.17. The third kappa shape index (κ3) is 1.64. The summed E-state index contributed by atoms with van der Waals surface area (Å²) in [5.74, 6) is 1.62. The van der Waals surface area contributed by atoms with Gasteiger partial charge in [-0.2, -0.15) is 5.26 Å². The molecule has 0 saturated carbocycles. The molecule has 0 aromatic heterocycles. The first kappa shape index (κ1) is 9.22. The van der Waals surface area contributed by atoms with Crippen molar-refractivity contribution >= 4 is 17.4 Å². The van der Waals surface area contributed by atoms with Crippen molar-refractivity contribution in [3.05, 3.63) is 18.2 Å². The summed E-state index contributed by atoms with van der Waals surface area (Å²) in [6, 6.07) is 7.98. The third-order valence-electron chi connectivity index (χ3n) is 2.08. The van der Waals surface area contributed by atoms with E-state index in [-0.39, 0.29) is 6.04 Å². The molecule has 1 aromatic rings. The monoisotopic (exact) mass is 206 g/mol. The molecule has 72 valence electrons. The van der Waals surface area contributed by atoms with E-state index in [0.717, 1.165) is 17.2 Å². The lowest BCUT2D eigenvalue weighted by atomic mass is 10.2. The van der Waals surface area contributed by atoms with Crippen LogP contribution in [-0.2, 0) is 0 Å². The van der Waals surface area contributed by atoms with E-state index in [9.17, 15) is 0 Å². The quantitative estimate of drug-likeness (QED) is 0.764. The normalized spacial score (nSPS) is 19.0. The van der Waals surface area contributed by atoms with Gasteiger partial charge in [0, 0.05) is 16.7 Å². The molecule has 0 saturated heterocycles. The first-order chi connectivity index (χ1) is 6.83. The molecule has 2 rings (SSSR count). The number of benzene rings is 1. The molecule has 4 heteroatoms. The van der Waals surface area contributed by atoms with Gasteiger partial charge < -0.3 is 10.1 Å². The number of nitrogens with zero attached hydrogens (tertiary/aromatic N) is 1. The van der Waals surface area contributed by atoms with Crippen molar-refractivity contribution in [3.8, 4) is 11.8 Å². The molecule has 0 fully saturated rings. The Bertz CT molecular complexity index is 386. The number of anilines is 1. The van der Waals surface area contributed by atoms with Crippen LogP contribution in [-0.4, -0.2) is 18.9 Å². The van der Waals surface area contributed by atoms with Gasteiger partial charge in [-0.3, -0.25) is 0 Å². The average molecular weight is 206 g/mol. The fraction of sp³-hybridized carbons (Fsp3) is 0.300. The lowest BCUT2D eigenvalue weighted by Crippen LogP contribution is -2.23.